The molecule has 0 fully saturated rings. The fourth-order valence-corrected chi connectivity index (χ4v) is 3.19. The van der Waals surface area contributed by atoms with E-state index in [0.717, 1.165) is 17.7 Å². The predicted molar refractivity (Wildman–Crippen MR) is 126 cm³/mol. The lowest BCUT2D eigenvalue weighted by Crippen LogP contribution is -2.21. The topological polar surface area (TPSA) is 71.3 Å². The summed E-state index contributed by atoms with van der Waals surface area (Å²) in [6.07, 6.45) is 3.18. The van der Waals surface area contributed by atoms with E-state index in [9.17, 15) is 13.6 Å². The number of rotatable bonds is 5. The van der Waals surface area contributed by atoms with Gasteiger partial charge in [-0.1, -0.05) is 59.6 Å². The van der Waals surface area contributed by atoms with Gasteiger partial charge in [0.25, 0.3) is 0 Å². The number of carbonyl (C=O) groups excluding carboxylic acids is 1. The van der Waals surface area contributed by atoms with E-state index in [-0.39, 0.29) is 11.6 Å². The largest absolute Gasteiger partial charge is 0.326 e. The van der Waals surface area contributed by atoms with Gasteiger partial charge in [0.05, 0.1) is 28.2 Å². The molecule has 6 nitrogen and oxygen atoms in total. The average Bonchev–Trinajstić information content (AvgIpc) is 3.16. The smallest absolute Gasteiger partial charge is 0.307 e. The monoisotopic (exact) mass is 485 g/mol. The van der Waals surface area contributed by atoms with Gasteiger partial charge in [-0.05, 0) is 29.8 Å². The first-order valence-electron chi connectivity index (χ1n) is 9.56. The number of carbonyl (C=O) groups is 1. The number of nitrogens with zero attached hydrogens (tertiary/aromatic N) is 3. The Kier molecular flexibility index (Phi) is 6.67. The van der Waals surface area contributed by atoms with Crippen molar-refractivity contribution in [2.75, 3.05) is 10.6 Å². The van der Waals surface area contributed by atoms with Gasteiger partial charge in [0.15, 0.2) is 0 Å². The Morgan fingerprint density at radius 3 is 2.36 bits per heavy atom. The van der Waals surface area contributed by atoms with Crippen LogP contribution in [-0.4, -0.2) is 21.9 Å². The summed E-state index contributed by atoms with van der Waals surface area (Å²) in [6.45, 7) is 0. The first kappa shape index (κ1) is 22.4. The van der Waals surface area contributed by atoms with Crippen LogP contribution in [-0.2, 0) is 0 Å². The van der Waals surface area contributed by atoms with Crippen LogP contribution in [0.3, 0.4) is 0 Å². The highest BCUT2D eigenvalue weighted by molar-refractivity contribution is 6.42. The van der Waals surface area contributed by atoms with E-state index in [0.29, 0.717) is 27.4 Å². The summed E-state index contributed by atoms with van der Waals surface area (Å²) >= 11 is 12.1. The molecule has 0 spiro atoms. The minimum atomic E-state index is -0.818. The third kappa shape index (κ3) is 5.74. The molecule has 0 aliphatic rings. The van der Waals surface area contributed by atoms with Crippen molar-refractivity contribution in [2.24, 2.45) is 5.10 Å². The molecule has 4 rings (SSSR count). The highest BCUT2D eigenvalue weighted by atomic mass is 35.5. The van der Waals surface area contributed by atoms with Gasteiger partial charge in [0.1, 0.15) is 11.6 Å². The van der Waals surface area contributed by atoms with Crippen molar-refractivity contribution in [3.8, 4) is 11.3 Å². The highest BCUT2D eigenvalue weighted by Crippen LogP contribution is 2.29. The number of amides is 2. The molecule has 0 saturated heterocycles. The van der Waals surface area contributed by atoms with Gasteiger partial charge in [-0.15, -0.1) is 0 Å². The number of aromatic nitrogens is 2. The second-order valence-corrected chi connectivity index (χ2v) is 7.63. The molecule has 4 aromatic rings. The molecule has 1 heterocycles. The molecule has 0 aliphatic carbocycles. The summed E-state index contributed by atoms with van der Waals surface area (Å²) in [5.41, 5.74) is 1.88. The Morgan fingerprint density at radius 1 is 0.939 bits per heavy atom. The van der Waals surface area contributed by atoms with Gasteiger partial charge in [-0.3, -0.25) is 5.32 Å². The minimum absolute atomic E-state index is 0.0550. The molecule has 166 valence electrons. The maximum Gasteiger partial charge on any atom is 0.326 e. The van der Waals surface area contributed by atoms with Crippen LogP contribution >= 0.6 is 23.2 Å². The molecule has 2 N–H and O–H groups in total. The first-order valence-corrected chi connectivity index (χ1v) is 10.3. The van der Waals surface area contributed by atoms with Crippen molar-refractivity contribution in [1.82, 2.24) is 9.66 Å². The Bertz CT molecular complexity index is 1320. The van der Waals surface area contributed by atoms with Crippen LogP contribution in [0, 0.1) is 11.6 Å². The van der Waals surface area contributed by atoms with Crippen molar-refractivity contribution in [2.45, 2.75) is 0 Å². The zero-order chi connectivity index (χ0) is 23.4. The van der Waals surface area contributed by atoms with Crippen molar-refractivity contribution in [3.05, 3.63) is 100 Å². The number of hydrogen-bond donors (Lipinski definition) is 2. The van der Waals surface area contributed by atoms with Gasteiger partial charge in [-0.2, -0.15) is 5.10 Å². The average molecular weight is 486 g/mol. The molecule has 1 aromatic heterocycles. The minimum Gasteiger partial charge on any atom is -0.307 e. The van der Waals surface area contributed by atoms with Gasteiger partial charge in [0, 0.05) is 17.3 Å². The lowest BCUT2D eigenvalue weighted by Gasteiger charge is -2.07. The van der Waals surface area contributed by atoms with Gasteiger partial charge in [0.2, 0.25) is 5.95 Å². The van der Waals surface area contributed by atoms with Crippen LogP contribution in [0.1, 0.15) is 5.56 Å². The lowest BCUT2D eigenvalue weighted by atomic mass is 10.2. The van der Waals surface area contributed by atoms with Crippen LogP contribution in [0.15, 0.2) is 78.0 Å². The molecule has 0 atom stereocenters. The van der Waals surface area contributed by atoms with Gasteiger partial charge in [-0.25, -0.2) is 23.2 Å². The van der Waals surface area contributed by atoms with E-state index in [1.54, 1.807) is 30.6 Å². The second kappa shape index (κ2) is 9.81. The molecule has 0 radical (unpaired) electrons. The number of benzene rings is 3. The van der Waals surface area contributed by atoms with Gasteiger partial charge < -0.3 is 5.32 Å². The van der Waals surface area contributed by atoms with E-state index >= 15 is 0 Å². The Labute approximate surface area is 197 Å². The molecule has 10 heteroatoms. The molecule has 3 aromatic carbocycles. The molecule has 0 aliphatic heterocycles. The molecule has 33 heavy (non-hydrogen) atoms. The number of imidazole rings is 1. The van der Waals surface area contributed by atoms with E-state index < -0.39 is 17.7 Å². The molecule has 0 saturated carbocycles. The summed E-state index contributed by atoms with van der Waals surface area (Å²) < 4.78 is 28.2. The third-order valence-corrected chi connectivity index (χ3v) is 5.12. The first-order chi connectivity index (χ1) is 15.9. The SMILES string of the molecule is O=C(Nc1cc(F)cc(F)c1)Nc1nc(-c2ccc(Cl)c(Cl)c2)cn1N=Cc1ccccc1. The van der Waals surface area contributed by atoms with Crippen molar-refractivity contribution in [3.63, 3.8) is 0 Å². The number of anilines is 2. The Hall–Kier alpha value is -3.75. The van der Waals surface area contributed by atoms with E-state index in [1.165, 1.54) is 4.68 Å². The van der Waals surface area contributed by atoms with Crippen molar-refractivity contribution >= 4 is 47.1 Å². The second-order valence-electron chi connectivity index (χ2n) is 6.82. The van der Waals surface area contributed by atoms with Crippen molar-refractivity contribution < 1.29 is 13.6 Å². The summed E-state index contributed by atoms with van der Waals surface area (Å²) in [5.74, 6) is -1.57. The van der Waals surface area contributed by atoms with Crippen LogP contribution in [0.25, 0.3) is 11.3 Å². The zero-order valence-electron chi connectivity index (χ0n) is 16.8. The summed E-state index contributed by atoms with van der Waals surface area (Å²) in [4.78, 5) is 16.9. The normalized spacial score (nSPS) is 11.0. The number of halogens is 4. The zero-order valence-corrected chi connectivity index (χ0v) is 18.3. The summed E-state index contributed by atoms with van der Waals surface area (Å²) in [6, 6.07) is 16.2. The molecule has 0 unspecified atom stereocenters. The summed E-state index contributed by atoms with van der Waals surface area (Å²) in [5, 5.41) is 9.99. The Balaban J connectivity index is 1.64. The standard InChI is InChI=1S/C23H15Cl2F2N5O/c24-19-7-6-15(8-20(19)25)21-13-32(28-12-14-4-2-1-3-5-14)22(30-21)31-23(33)29-18-10-16(26)9-17(27)11-18/h1-13H,(H2,29,30,31,33). The quantitative estimate of drug-likeness (QED) is 0.310. The van der Waals surface area contributed by atoms with Crippen LogP contribution in [0.2, 0.25) is 10.0 Å². The fourth-order valence-electron chi connectivity index (χ4n) is 2.90. The number of hydrogen-bond acceptors (Lipinski definition) is 3. The molecular weight excluding hydrogens is 471 g/mol. The highest BCUT2D eigenvalue weighted by Gasteiger charge is 2.14. The maximum absolute atomic E-state index is 13.4. The fraction of sp³-hybridized carbons (Fsp3) is 0. The van der Waals surface area contributed by atoms with E-state index in [4.69, 9.17) is 23.2 Å². The van der Waals surface area contributed by atoms with Crippen LogP contribution < -0.4 is 10.6 Å². The lowest BCUT2D eigenvalue weighted by molar-refractivity contribution is 0.262. The maximum atomic E-state index is 13.4. The van der Waals surface area contributed by atoms with E-state index in [1.807, 2.05) is 30.3 Å². The van der Waals surface area contributed by atoms with Gasteiger partial charge >= 0.3 is 6.03 Å². The number of nitrogens with one attached hydrogen (secondary N) is 2. The summed E-state index contributed by atoms with van der Waals surface area (Å²) in [7, 11) is 0. The van der Waals surface area contributed by atoms with Crippen LogP contribution in [0.5, 0.6) is 0 Å². The molecular formula is C23H15Cl2F2N5O. The molecule has 2 amide bonds. The van der Waals surface area contributed by atoms with E-state index in [2.05, 4.69) is 20.7 Å². The Morgan fingerprint density at radius 2 is 1.67 bits per heavy atom. The number of urea groups is 1. The predicted octanol–water partition coefficient (Wildman–Crippen LogP) is 6.66. The molecule has 0 bridgehead atoms. The third-order valence-electron chi connectivity index (χ3n) is 4.38. The van der Waals surface area contributed by atoms with Crippen LogP contribution in [0.4, 0.5) is 25.2 Å². The van der Waals surface area contributed by atoms with Crippen molar-refractivity contribution in [1.29, 1.82) is 0 Å².